The molecule has 0 bridgehead atoms. The van der Waals surface area contributed by atoms with Crippen molar-refractivity contribution < 1.29 is 31.9 Å². The SMILES string of the molecule is C=Cc1nn(C2CCCCO2)c2ccc(-c3cnn(CCO[Si](C)(C)C(C)(C)C)c3O[C@@H](C)CN(C)C(=O)C(F)(F)F)cc12. The molecule has 1 unspecified atom stereocenters. The molecule has 242 valence electrons. The van der Waals surface area contributed by atoms with E-state index in [4.69, 9.17) is 19.0 Å². The summed E-state index contributed by atoms with van der Waals surface area (Å²) in [6.07, 6.45) is 0.483. The van der Waals surface area contributed by atoms with Crippen molar-refractivity contribution >= 4 is 31.2 Å². The number of fused-ring (bicyclic) bond motifs is 1. The Morgan fingerprint density at radius 1 is 1.27 bits per heavy atom. The minimum absolute atomic E-state index is 0.0249. The Morgan fingerprint density at radius 3 is 2.61 bits per heavy atom. The standard InChI is InChI=1S/C31H44F3N5O4Si/c1-9-25-23-18-22(13-14-26(23)39(36-25)27-12-10-11-16-41-27)24-19-35-38(15-17-42-44(7,8)30(3,4)5)28(24)43-21(2)20-37(6)29(40)31(32,33)34/h9,13-14,18-19,21,27H,1,10-12,15-17,20H2,2-8H3/t21-,27?/m0/s1. The Balaban J connectivity index is 1.67. The van der Waals surface area contributed by atoms with Crippen molar-refractivity contribution in [2.24, 2.45) is 0 Å². The van der Waals surface area contributed by atoms with E-state index in [1.54, 1.807) is 23.9 Å². The zero-order valence-electron chi connectivity index (χ0n) is 26.7. The van der Waals surface area contributed by atoms with Crippen molar-refractivity contribution in [3.8, 4) is 17.0 Å². The zero-order chi connectivity index (χ0) is 32.4. The van der Waals surface area contributed by atoms with Crippen molar-refractivity contribution in [2.75, 3.05) is 26.8 Å². The molecule has 1 fully saturated rings. The second-order valence-corrected chi connectivity index (χ2v) is 17.7. The first-order valence-electron chi connectivity index (χ1n) is 15.0. The molecule has 1 aliphatic heterocycles. The van der Waals surface area contributed by atoms with E-state index >= 15 is 0 Å². The number of alkyl halides is 3. The predicted molar refractivity (Wildman–Crippen MR) is 167 cm³/mol. The first-order valence-corrected chi connectivity index (χ1v) is 17.9. The lowest BCUT2D eigenvalue weighted by molar-refractivity contribution is -0.184. The highest BCUT2D eigenvalue weighted by atomic mass is 28.4. The molecule has 0 radical (unpaired) electrons. The third-order valence-corrected chi connectivity index (χ3v) is 13.0. The van der Waals surface area contributed by atoms with Crippen LogP contribution in [0.25, 0.3) is 28.1 Å². The van der Waals surface area contributed by atoms with Crippen molar-refractivity contribution in [3.05, 3.63) is 36.7 Å². The molecule has 9 nitrogen and oxygen atoms in total. The van der Waals surface area contributed by atoms with Crippen LogP contribution in [0.4, 0.5) is 13.2 Å². The molecule has 4 rings (SSSR count). The number of carbonyl (C=O) groups is 1. The van der Waals surface area contributed by atoms with Crippen molar-refractivity contribution in [1.29, 1.82) is 0 Å². The van der Waals surface area contributed by atoms with Gasteiger partial charge in [0.1, 0.15) is 6.10 Å². The number of hydrogen-bond donors (Lipinski definition) is 0. The lowest BCUT2D eigenvalue weighted by Crippen LogP contribution is -2.43. The van der Waals surface area contributed by atoms with Crippen LogP contribution in [0.2, 0.25) is 18.1 Å². The Labute approximate surface area is 258 Å². The van der Waals surface area contributed by atoms with E-state index in [1.165, 1.54) is 0 Å². The van der Waals surface area contributed by atoms with Crippen LogP contribution in [0.3, 0.4) is 0 Å². The second kappa shape index (κ2) is 13.1. The van der Waals surface area contributed by atoms with E-state index in [9.17, 15) is 18.0 Å². The van der Waals surface area contributed by atoms with Gasteiger partial charge in [-0.25, -0.2) is 9.36 Å². The number of carbonyl (C=O) groups excluding carboxylic acids is 1. The molecular formula is C31H44F3N5O4Si. The molecule has 1 amide bonds. The third-order valence-electron chi connectivity index (χ3n) is 8.46. The van der Waals surface area contributed by atoms with Gasteiger partial charge >= 0.3 is 12.1 Å². The van der Waals surface area contributed by atoms with E-state index in [1.807, 2.05) is 22.9 Å². The summed E-state index contributed by atoms with van der Waals surface area (Å²) in [5.74, 6) is -1.54. The maximum Gasteiger partial charge on any atom is 0.471 e. The van der Waals surface area contributed by atoms with Crippen LogP contribution in [0.15, 0.2) is 31.0 Å². The molecule has 13 heteroatoms. The summed E-state index contributed by atoms with van der Waals surface area (Å²) in [6, 6.07) is 5.91. The van der Waals surface area contributed by atoms with Crippen molar-refractivity contribution in [3.63, 3.8) is 0 Å². The topological polar surface area (TPSA) is 83.6 Å². The van der Waals surface area contributed by atoms with Gasteiger partial charge in [0.15, 0.2) is 14.5 Å². The fraction of sp³-hybridized carbons (Fsp3) is 0.581. The summed E-state index contributed by atoms with van der Waals surface area (Å²) in [4.78, 5) is 12.4. The van der Waals surface area contributed by atoms with E-state index in [-0.39, 0.29) is 17.8 Å². The predicted octanol–water partition coefficient (Wildman–Crippen LogP) is 7.05. The molecule has 3 aromatic rings. The summed E-state index contributed by atoms with van der Waals surface area (Å²) in [5.41, 5.74) is 3.08. The van der Waals surface area contributed by atoms with E-state index < -0.39 is 26.5 Å². The van der Waals surface area contributed by atoms with Gasteiger partial charge in [0.05, 0.1) is 42.7 Å². The van der Waals surface area contributed by atoms with Gasteiger partial charge in [-0.1, -0.05) is 33.4 Å². The monoisotopic (exact) mass is 635 g/mol. The number of amides is 1. The van der Waals surface area contributed by atoms with Crippen LogP contribution in [0.5, 0.6) is 5.88 Å². The molecule has 1 aromatic carbocycles. The van der Waals surface area contributed by atoms with Crippen LogP contribution < -0.4 is 4.74 Å². The van der Waals surface area contributed by atoms with Crippen LogP contribution in [-0.4, -0.2) is 77.8 Å². The van der Waals surface area contributed by atoms with Crippen molar-refractivity contribution in [1.82, 2.24) is 24.5 Å². The second-order valence-electron chi connectivity index (χ2n) is 12.9. The third kappa shape index (κ3) is 7.37. The Kier molecular flexibility index (Phi) is 10.0. The molecule has 3 heterocycles. The molecular weight excluding hydrogens is 591 g/mol. The van der Waals surface area contributed by atoms with E-state index in [0.717, 1.165) is 42.8 Å². The highest BCUT2D eigenvalue weighted by Gasteiger charge is 2.41. The number of benzene rings is 1. The first-order chi connectivity index (χ1) is 20.5. The van der Waals surface area contributed by atoms with Gasteiger partial charge in [0.2, 0.25) is 5.88 Å². The highest BCUT2D eigenvalue weighted by molar-refractivity contribution is 6.74. The number of hydrogen-bond acceptors (Lipinski definition) is 6. The largest absolute Gasteiger partial charge is 0.472 e. The molecule has 44 heavy (non-hydrogen) atoms. The molecule has 2 atom stereocenters. The smallest absolute Gasteiger partial charge is 0.471 e. The van der Waals surface area contributed by atoms with Crippen LogP contribution in [0.1, 0.15) is 58.9 Å². The van der Waals surface area contributed by atoms with Gasteiger partial charge < -0.3 is 18.8 Å². The molecule has 1 saturated heterocycles. The summed E-state index contributed by atoms with van der Waals surface area (Å²) < 4.78 is 61.3. The van der Waals surface area contributed by atoms with Gasteiger partial charge in [0, 0.05) is 19.0 Å². The van der Waals surface area contributed by atoms with E-state index in [0.29, 0.717) is 41.8 Å². The van der Waals surface area contributed by atoms with Crippen molar-refractivity contribution in [2.45, 2.75) is 90.1 Å². The highest BCUT2D eigenvalue weighted by Crippen LogP contribution is 2.38. The van der Waals surface area contributed by atoms with Gasteiger partial charge in [0.25, 0.3) is 0 Å². The lowest BCUT2D eigenvalue weighted by atomic mass is 10.1. The fourth-order valence-corrected chi connectivity index (χ4v) is 6.03. The van der Waals surface area contributed by atoms with Crippen LogP contribution >= 0.6 is 0 Å². The van der Waals surface area contributed by atoms with Crippen LogP contribution in [-0.2, 0) is 20.5 Å². The molecule has 0 N–H and O–H groups in total. The number of aromatic nitrogens is 4. The minimum Gasteiger partial charge on any atom is -0.472 e. The summed E-state index contributed by atoms with van der Waals surface area (Å²) in [6.45, 7) is 17.6. The molecule has 0 spiro atoms. The molecule has 0 aliphatic carbocycles. The Hall–Kier alpha value is -3.16. The van der Waals surface area contributed by atoms with Gasteiger partial charge in [-0.2, -0.15) is 23.4 Å². The summed E-state index contributed by atoms with van der Waals surface area (Å²) in [5, 5.41) is 10.3. The average molecular weight is 636 g/mol. The normalized spacial score (nSPS) is 17.1. The average Bonchev–Trinajstić information content (AvgIpc) is 3.52. The van der Waals surface area contributed by atoms with Crippen LogP contribution in [0, 0.1) is 0 Å². The van der Waals surface area contributed by atoms with E-state index in [2.05, 4.69) is 45.5 Å². The number of halogens is 3. The van der Waals surface area contributed by atoms with Gasteiger partial charge in [-0.15, -0.1) is 0 Å². The Bertz CT molecular complexity index is 1470. The number of likely N-dealkylation sites (N-methyl/N-ethyl adjacent to an activating group) is 1. The number of ether oxygens (including phenoxy) is 2. The molecule has 0 saturated carbocycles. The quantitative estimate of drug-likeness (QED) is 0.210. The summed E-state index contributed by atoms with van der Waals surface area (Å²) in [7, 11) is -0.922. The summed E-state index contributed by atoms with van der Waals surface area (Å²) >= 11 is 0. The maximum absolute atomic E-state index is 13.0. The Morgan fingerprint density at radius 2 is 2.00 bits per heavy atom. The molecule has 2 aromatic heterocycles. The lowest BCUT2D eigenvalue weighted by Gasteiger charge is -2.36. The fourth-order valence-electron chi connectivity index (χ4n) is 4.99. The van der Waals surface area contributed by atoms with Gasteiger partial charge in [-0.05, 0) is 68.1 Å². The molecule has 1 aliphatic rings. The van der Waals surface area contributed by atoms with Gasteiger partial charge in [-0.3, -0.25) is 4.79 Å². The first kappa shape index (κ1) is 33.7. The minimum atomic E-state index is -4.96. The number of nitrogens with zero attached hydrogens (tertiary/aromatic N) is 5. The zero-order valence-corrected chi connectivity index (χ0v) is 27.7. The number of rotatable bonds is 11. The maximum atomic E-state index is 13.0.